The summed E-state index contributed by atoms with van der Waals surface area (Å²) < 4.78 is 2.02. The Hall–Kier alpha value is -2.71. The van der Waals surface area contributed by atoms with Crippen molar-refractivity contribution in [3.8, 4) is 5.69 Å². The van der Waals surface area contributed by atoms with E-state index in [2.05, 4.69) is 36.3 Å². The molecule has 2 aromatic carbocycles. The van der Waals surface area contributed by atoms with Crippen LogP contribution < -0.4 is 5.32 Å². The van der Waals surface area contributed by atoms with E-state index in [0.29, 0.717) is 5.56 Å². The second kappa shape index (κ2) is 10.5. The Balaban J connectivity index is 1.39. The number of nitrogens with zero attached hydrogens (tertiary/aromatic N) is 3. The van der Waals surface area contributed by atoms with Gasteiger partial charge in [0, 0.05) is 48.2 Å². The number of anilines is 1. The van der Waals surface area contributed by atoms with E-state index in [1.165, 1.54) is 22.9 Å². The van der Waals surface area contributed by atoms with Gasteiger partial charge >= 0.3 is 0 Å². The summed E-state index contributed by atoms with van der Waals surface area (Å²) in [5.74, 6) is 2.17. The lowest BCUT2D eigenvalue weighted by molar-refractivity contribution is -0.113. The topological polar surface area (TPSA) is 67.2 Å². The number of rotatable bonds is 6. The fourth-order valence-corrected chi connectivity index (χ4v) is 5.45. The predicted molar refractivity (Wildman–Crippen MR) is 137 cm³/mol. The molecule has 0 spiro atoms. The molecule has 0 unspecified atom stereocenters. The van der Waals surface area contributed by atoms with E-state index in [0.717, 1.165) is 46.7 Å². The summed E-state index contributed by atoms with van der Waals surface area (Å²) in [5, 5.41) is 3.75. The number of nitrogens with one attached hydrogen (secondary N) is 1. The Morgan fingerprint density at radius 1 is 1.09 bits per heavy atom. The van der Waals surface area contributed by atoms with Crippen molar-refractivity contribution in [2.45, 2.75) is 25.9 Å². The molecule has 0 radical (unpaired) electrons. The lowest BCUT2D eigenvalue weighted by atomic mass is 10.1. The second-order valence-corrected chi connectivity index (χ2v) is 10.2. The van der Waals surface area contributed by atoms with Gasteiger partial charge in [0.15, 0.2) is 5.16 Å². The molecule has 172 valence electrons. The molecule has 1 saturated heterocycles. The SMILES string of the molecule is Cc1cc(C(=O)N2CCSCC2)ccc1NC(=O)CSc1nccn1-c1cccc(C)c1C. The van der Waals surface area contributed by atoms with Crippen molar-refractivity contribution in [1.82, 2.24) is 14.5 Å². The van der Waals surface area contributed by atoms with E-state index < -0.39 is 0 Å². The number of thioether (sulfide) groups is 2. The average molecular weight is 481 g/mol. The molecule has 1 aromatic heterocycles. The highest BCUT2D eigenvalue weighted by Crippen LogP contribution is 2.25. The van der Waals surface area contributed by atoms with Crippen LogP contribution in [0.2, 0.25) is 0 Å². The molecule has 0 aliphatic carbocycles. The molecule has 2 amide bonds. The quantitative estimate of drug-likeness (QED) is 0.517. The zero-order valence-corrected chi connectivity index (χ0v) is 20.8. The van der Waals surface area contributed by atoms with E-state index in [4.69, 9.17) is 0 Å². The molecule has 2 heterocycles. The molecule has 3 aromatic rings. The van der Waals surface area contributed by atoms with Crippen LogP contribution in [0.15, 0.2) is 53.9 Å². The highest BCUT2D eigenvalue weighted by Gasteiger charge is 2.19. The van der Waals surface area contributed by atoms with Crippen LogP contribution in [0, 0.1) is 20.8 Å². The summed E-state index contributed by atoms with van der Waals surface area (Å²) in [7, 11) is 0. The number of hydrogen-bond acceptors (Lipinski definition) is 5. The summed E-state index contributed by atoms with van der Waals surface area (Å²) in [6.45, 7) is 7.67. The van der Waals surface area contributed by atoms with Crippen LogP contribution in [-0.4, -0.2) is 56.6 Å². The van der Waals surface area contributed by atoms with Gasteiger partial charge in [0.1, 0.15) is 0 Å². The first-order valence-electron chi connectivity index (χ1n) is 10.9. The van der Waals surface area contributed by atoms with Crippen molar-refractivity contribution in [3.05, 3.63) is 71.0 Å². The fraction of sp³-hybridized carbons (Fsp3) is 0.320. The van der Waals surface area contributed by atoms with Gasteiger partial charge in [-0.15, -0.1) is 0 Å². The van der Waals surface area contributed by atoms with Crippen LogP contribution in [0.1, 0.15) is 27.0 Å². The third-order valence-electron chi connectivity index (χ3n) is 5.82. The summed E-state index contributed by atoms with van der Waals surface area (Å²) in [5.41, 5.74) is 5.75. The Labute approximate surface area is 203 Å². The maximum Gasteiger partial charge on any atom is 0.253 e. The minimum atomic E-state index is -0.106. The zero-order valence-electron chi connectivity index (χ0n) is 19.1. The summed E-state index contributed by atoms with van der Waals surface area (Å²) in [6, 6.07) is 11.7. The van der Waals surface area contributed by atoms with Gasteiger partial charge in [-0.2, -0.15) is 11.8 Å². The third-order valence-corrected chi connectivity index (χ3v) is 7.73. The van der Waals surface area contributed by atoms with E-state index in [9.17, 15) is 9.59 Å². The molecule has 1 aliphatic rings. The molecule has 0 saturated carbocycles. The minimum absolute atomic E-state index is 0.0603. The molecular weight excluding hydrogens is 452 g/mol. The van der Waals surface area contributed by atoms with Gasteiger partial charge in [0.05, 0.1) is 11.4 Å². The number of amides is 2. The van der Waals surface area contributed by atoms with E-state index in [1.807, 2.05) is 52.5 Å². The first-order valence-corrected chi connectivity index (χ1v) is 13.1. The summed E-state index contributed by atoms with van der Waals surface area (Å²) in [4.78, 5) is 31.7. The zero-order chi connectivity index (χ0) is 23.4. The highest BCUT2D eigenvalue weighted by atomic mass is 32.2. The smallest absolute Gasteiger partial charge is 0.253 e. The van der Waals surface area contributed by atoms with Gasteiger partial charge in [-0.3, -0.25) is 14.2 Å². The van der Waals surface area contributed by atoms with E-state index in [1.54, 1.807) is 12.3 Å². The molecule has 1 N–H and O–H groups in total. The van der Waals surface area contributed by atoms with Crippen LogP contribution in [-0.2, 0) is 4.79 Å². The Morgan fingerprint density at radius 2 is 1.88 bits per heavy atom. The molecule has 1 fully saturated rings. The third kappa shape index (κ3) is 5.45. The molecular formula is C25H28N4O2S2. The van der Waals surface area contributed by atoms with Crippen molar-refractivity contribution in [1.29, 1.82) is 0 Å². The normalized spacial score (nSPS) is 13.7. The minimum Gasteiger partial charge on any atom is -0.337 e. The van der Waals surface area contributed by atoms with Gasteiger partial charge in [-0.05, 0) is 61.7 Å². The van der Waals surface area contributed by atoms with Crippen LogP contribution in [0.25, 0.3) is 5.69 Å². The second-order valence-electron chi connectivity index (χ2n) is 8.07. The maximum atomic E-state index is 12.7. The number of imidazole rings is 1. The van der Waals surface area contributed by atoms with Crippen LogP contribution in [0.3, 0.4) is 0 Å². The number of aromatic nitrogens is 2. The van der Waals surface area contributed by atoms with Crippen LogP contribution >= 0.6 is 23.5 Å². The monoisotopic (exact) mass is 480 g/mol. The Morgan fingerprint density at radius 3 is 2.64 bits per heavy atom. The van der Waals surface area contributed by atoms with Gasteiger partial charge in [0.25, 0.3) is 5.91 Å². The van der Waals surface area contributed by atoms with Gasteiger partial charge in [0.2, 0.25) is 5.91 Å². The number of carbonyl (C=O) groups excluding carboxylic acids is 2. The highest BCUT2D eigenvalue weighted by molar-refractivity contribution is 7.99. The van der Waals surface area contributed by atoms with E-state index >= 15 is 0 Å². The number of hydrogen-bond donors (Lipinski definition) is 1. The first-order chi connectivity index (χ1) is 15.9. The first kappa shape index (κ1) is 23.4. The summed E-state index contributed by atoms with van der Waals surface area (Å²) >= 11 is 3.28. The molecule has 0 atom stereocenters. The molecule has 8 heteroatoms. The lowest BCUT2D eigenvalue weighted by Crippen LogP contribution is -2.37. The predicted octanol–water partition coefficient (Wildman–Crippen LogP) is 4.72. The van der Waals surface area contributed by atoms with Crippen molar-refractivity contribution in [2.24, 2.45) is 0 Å². The Kier molecular flexibility index (Phi) is 7.45. The van der Waals surface area contributed by atoms with Gasteiger partial charge < -0.3 is 10.2 Å². The molecule has 1 aliphatic heterocycles. The molecule has 6 nitrogen and oxygen atoms in total. The maximum absolute atomic E-state index is 12.7. The van der Waals surface area contributed by atoms with Crippen molar-refractivity contribution >= 4 is 41.0 Å². The van der Waals surface area contributed by atoms with Crippen LogP contribution in [0.4, 0.5) is 5.69 Å². The standard InChI is InChI=1S/C25H28N4O2S2/c1-17-5-4-6-22(19(17)3)29-10-9-26-25(29)33-16-23(30)27-21-8-7-20(15-18(21)2)24(31)28-11-13-32-14-12-28/h4-10,15H,11-14,16H2,1-3H3,(H,27,30). The largest absolute Gasteiger partial charge is 0.337 e. The number of benzene rings is 2. The van der Waals surface area contributed by atoms with Crippen molar-refractivity contribution in [3.63, 3.8) is 0 Å². The van der Waals surface area contributed by atoms with Gasteiger partial charge in [-0.1, -0.05) is 23.9 Å². The Bertz CT molecular complexity index is 1170. The lowest BCUT2D eigenvalue weighted by Gasteiger charge is -2.26. The average Bonchev–Trinajstić information content (AvgIpc) is 3.29. The molecule has 33 heavy (non-hydrogen) atoms. The molecule has 4 rings (SSSR count). The number of carbonyl (C=O) groups is 2. The van der Waals surface area contributed by atoms with E-state index in [-0.39, 0.29) is 17.6 Å². The van der Waals surface area contributed by atoms with Gasteiger partial charge in [-0.25, -0.2) is 4.98 Å². The van der Waals surface area contributed by atoms with Crippen molar-refractivity contribution in [2.75, 3.05) is 35.7 Å². The van der Waals surface area contributed by atoms with Crippen molar-refractivity contribution < 1.29 is 9.59 Å². The molecule has 0 bridgehead atoms. The summed E-state index contributed by atoms with van der Waals surface area (Å²) in [6.07, 6.45) is 3.67. The van der Waals surface area contributed by atoms with Crippen LogP contribution in [0.5, 0.6) is 0 Å². The number of aryl methyl sites for hydroxylation is 2. The fourth-order valence-electron chi connectivity index (χ4n) is 3.78.